The van der Waals surface area contributed by atoms with E-state index in [-0.39, 0.29) is 6.03 Å². The maximum absolute atomic E-state index is 12.0. The molecule has 0 bridgehead atoms. The number of carbonyl (C=O) groups is 1. The van der Waals surface area contributed by atoms with E-state index >= 15 is 0 Å². The Labute approximate surface area is 173 Å². The maximum Gasteiger partial charge on any atom is 0.315 e. The number of ether oxygens (including phenoxy) is 1. The zero-order valence-corrected chi connectivity index (χ0v) is 17.5. The molecule has 1 fully saturated rings. The fourth-order valence-electron chi connectivity index (χ4n) is 3.45. The Kier molecular flexibility index (Phi) is 7.90. The molecule has 2 N–H and O–H groups in total. The number of hydrogen-bond donors (Lipinski definition) is 2. The largest absolute Gasteiger partial charge is 0.497 e. The molecule has 3 rings (SSSR count). The second kappa shape index (κ2) is 10.8. The van der Waals surface area contributed by atoms with Gasteiger partial charge in [0, 0.05) is 45.8 Å². The van der Waals surface area contributed by atoms with E-state index < -0.39 is 0 Å². The van der Waals surface area contributed by atoms with Gasteiger partial charge in [-0.1, -0.05) is 43.3 Å². The van der Waals surface area contributed by atoms with E-state index in [1.165, 1.54) is 5.56 Å². The number of nitrogens with one attached hydrogen (secondary N) is 2. The fraction of sp³-hybridized carbons (Fsp3) is 0.435. The second-order valence-electron chi connectivity index (χ2n) is 7.41. The molecule has 6 heteroatoms. The lowest BCUT2D eigenvalue weighted by atomic mass is 10.1. The van der Waals surface area contributed by atoms with E-state index in [1.54, 1.807) is 7.11 Å². The van der Waals surface area contributed by atoms with Gasteiger partial charge in [0.2, 0.25) is 0 Å². The third kappa shape index (κ3) is 6.76. The van der Waals surface area contributed by atoms with Crippen molar-refractivity contribution in [1.82, 2.24) is 20.4 Å². The number of amides is 2. The number of hydrogen-bond acceptors (Lipinski definition) is 4. The number of carbonyl (C=O) groups excluding carboxylic acids is 1. The van der Waals surface area contributed by atoms with E-state index in [1.807, 2.05) is 24.3 Å². The van der Waals surface area contributed by atoms with Gasteiger partial charge in [0.1, 0.15) is 5.75 Å². The van der Waals surface area contributed by atoms with Crippen LogP contribution in [-0.4, -0.2) is 55.7 Å². The van der Waals surface area contributed by atoms with Crippen LogP contribution in [0.15, 0.2) is 48.5 Å². The monoisotopic (exact) mass is 396 g/mol. The molecule has 2 aromatic carbocycles. The predicted octanol–water partition coefficient (Wildman–Crippen LogP) is 2.83. The predicted molar refractivity (Wildman–Crippen MR) is 116 cm³/mol. The molecule has 0 aliphatic carbocycles. The summed E-state index contributed by atoms with van der Waals surface area (Å²) in [4.78, 5) is 17.0. The van der Waals surface area contributed by atoms with Crippen molar-refractivity contribution in [1.29, 1.82) is 0 Å². The molecule has 1 saturated heterocycles. The molecule has 6 nitrogen and oxygen atoms in total. The van der Waals surface area contributed by atoms with Crippen LogP contribution in [0.1, 0.15) is 23.6 Å². The van der Waals surface area contributed by atoms with Gasteiger partial charge in [0.05, 0.1) is 7.11 Å². The molecule has 1 aliphatic heterocycles. The van der Waals surface area contributed by atoms with Gasteiger partial charge >= 0.3 is 6.03 Å². The third-order valence-electron chi connectivity index (χ3n) is 5.41. The van der Waals surface area contributed by atoms with Crippen LogP contribution in [0.2, 0.25) is 0 Å². The molecule has 2 amide bonds. The van der Waals surface area contributed by atoms with Crippen molar-refractivity contribution in [3.05, 3.63) is 65.2 Å². The van der Waals surface area contributed by atoms with Gasteiger partial charge < -0.3 is 20.3 Å². The second-order valence-corrected chi connectivity index (χ2v) is 7.41. The van der Waals surface area contributed by atoms with E-state index in [9.17, 15) is 4.79 Å². The normalized spacial score (nSPS) is 15.1. The molecule has 1 aliphatic rings. The summed E-state index contributed by atoms with van der Waals surface area (Å²) < 4.78 is 5.14. The van der Waals surface area contributed by atoms with Crippen LogP contribution in [0, 0.1) is 0 Å². The van der Waals surface area contributed by atoms with Crippen molar-refractivity contribution in [3.8, 4) is 5.75 Å². The van der Waals surface area contributed by atoms with Gasteiger partial charge in [-0.15, -0.1) is 0 Å². The number of rotatable bonds is 8. The van der Waals surface area contributed by atoms with Gasteiger partial charge in [-0.3, -0.25) is 4.90 Å². The summed E-state index contributed by atoms with van der Waals surface area (Å²) in [5.74, 6) is 0.810. The molecule has 1 heterocycles. The Bertz CT molecular complexity index is 753. The maximum atomic E-state index is 12.0. The number of piperazine rings is 1. The number of nitrogens with zero attached hydrogens (tertiary/aromatic N) is 2. The lowest BCUT2D eigenvalue weighted by Gasteiger charge is -2.34. The molecular weight excluding hydrogens is 364 g/mol. The summed E-state index contributed by atoms with van der Waals surface area (Å²) in [6.07, 6.45) is 0. The van der Waals surface area contributed by atoms with Gasteiger partial charge in [0.15, 0.2) is 0 Å². The Balaban J connectivity index is 1.37. The highest BCUT2D eigenvalue weighted by Crippen LogP contribution is 2.11. The van der Waals surface area contributed by atoms with Gasteiger partial charge in [0.25, 0.3) is 0 Å². The van der Waals surface area contributed by atoms with Crippen molar-refractivity contribution in [2.75, 3.05) is 39.8 Å². The van der Waals surface area contributed by atoms with Crippen LogP contribution >= 0.6 is 0 Å². The Morgan fingerprint density at radius 1 is 0.828 bits per heavy atom. The van der Waals surface area contributed by atoms with Crippen LogP contribution in [0.3, 0.4) is 0 Å². The summed E-state index contributed by atoms with van der Waals surface area (Å²) in [5, 5.41) is 5.79. The minimum absolute atomic E-state index is 0.168. The standard InChI is InChI=1S/C23H32N4O2/c1-3-26-12-14-27(15-13-26)18-21-6-4-19(5-7-21)16-24-23(28)25-17-20-8-10-22(29-2)11-9-20/h4-11H,3,12-18H2,1-2H3,(H2,24,25,28). The fourth-order valence-corrected chi connectivity index (χ4v) is 3.45. The average molecular weight is 397 g/mol. The number of urea groups is 1. The van der Waals surface area contributed by atoms with E-state index in [4.69, 9.17) is 4.74 Å². The van der Waals surface area contributed by atoms with Crippen molar-refractivity contribution < 1.29 is 9.53 Å². The van der Waals surface area contributed by atoms with E-state index in [2.05, 4.69) is 51.6 Å². The Morgan fingerprint density at radius 3 is 1.83 bits per heavy atom. The summed E-state index contributed by atoms with van der Waals surface area (Å²) in [6.45, 7) is 9.94. The lowest BCUT2D eigenvalue weighted by Crippen LogP contribution is -2.45. The van der Waals surface area contributed by atoms with Crippen LogP contribution in [-0.2, 0) is 19.6 Å². The van der Waals surface area contributed by atoms with Crippen LogP contribution in [0.25, 0.3) is 0 Å². The molecule has 0 radical (unpaired) electrons. The smallest absolute Gasteiger partial charge is 0.315 e. The highest BCUT2D eigenvalue weighted by Gasteiger charge is 2.15. The van der Waals surface area contributed by atoms with Crippen molar-refractivity contribution in [2.24, 2.45) is 0 Å². The van der Waals surface area contributed by atoms with Crippen LogP contribution in [0.5, 0.6) is 5.75 Å². The van der Waals surface area contributed by atoms with Crippen molar-refractivity contribution >= 4 is 6.03 Å². The summed E-state index contributed by atoms with van der Waals surface area (Å²) in [7, 11) is 1.64. The van der Waals surface area contributed by atoms with Crippen LogP contribution < -0.4 is 15.4 Å². The molecule has 0 aromatic heterocycles. The van der Waals surface area contributed by atoms with Crippen molar-refractivity contribution in [3.63, 3.8) is 0 Å². The third-order valence-corrected chi connectivity index (χ3v) is 5.41. The Morgan fingerprint density at radius 2 is 1.31 bits per heavy atom. The quantitative estimate of drug-likeness (QED) is 0.720. The first kappa shape index (κ1) is 21.1. The van der Waals surface area contributed by atoms with Crippen LogP contribution in [0.4, 0.5) is 4.79 Å². The zero-order valence-electron chi connectivity index (χ0n) is 17.5. The summed E-state index contributed by atoms with van der Waals surface area (Å²) in [6, 6.07) is 16.0. The zero-order chi connectivity index (χ0) is 20.5. The molecule has 0 atom stereocenters. The molecule has 2 aromatic rings. The van der Waals surface area contributed by atoms with Crippen molar-refractivity contribution in [2.45, 2.75) is 26.6 Å². The summed E-state index contributed by atoms with van der Waals surface area (Å²) in [5.41, 5.74) is 3.46. The molecular formula is C23H32N4O2. The molecule has 0 spiro atoms. The SMILES string of the molecule is CCN1CCN(Cc2ccc(CNC(=O)NCc3ccc(OC)cc3)cc2)CC1. The number of likely N-dealkylation sites (N-methyl/N-ethyl adjacent to an activating group) is 1. The first-order valence-corrected chi connectivity index (χ1v) is 10.3. The van der Waals surface area contributed by atoms with Gasteiger partial charge in [-0.2, -0.15) is 0 Å². The van der Waals surface area contributed by atoms with Gasteiger partial charge in [-0.05, 0) is 35.4 Å². The lowest BCUT2D eigenvalue weighted by molar-refractivity contribution is 0.132. The topological polar surface area (TPSA) is 56.8 Å². The molecule has 29 heavy (non-hydrogen) atoms. The first-order valence-electron chi connectivity index (χ1n) is 10.3. The van der Waals surface area contributed by atoms with E-state index in [0.717, 1.165) is 56.1 Å². The minimum atomic E-state index is -0.168. The molecule has 156 valence electrons. The molecule has 0 saturated carbocycles. The Hall–Kier alpha value is -2.57. The highest BCUT2D eigenvalue weighted by molar-refractivity contribution is 5.73. The molecule has 0 unspecified atom stereocenters. The minimum Gasteiger partial charge on any atom is -0.497 e. The number of benzene rings is 2. The number of methoxy groups -OCH3 is 1. The average Bonchev–Trinajstić information content (AvgIpc) is 2.78. The van der Waals surface area contributed by atoms with E-state index in [0.29, 0.717) is 13.1 Å². The van der Waals surface area contributed by atoms with Gasteiger partial charge in [-0.25, -0.2) is 4.79 Å². The first-order chi connectivity index (χ1) is 14.2. The summed E-state index contributed by atoms with van der Waals surface area (Å²) >= 11 is 0. The highest BCUT2D eigenvalue weighted by atomic mass is 16.5.